The molecule has 0 unspecified atom stereocenters. The summed E-state index contributed by atoms with van der Waals surface area (Å²) in [6.07, 6.45) is 0.989. The van der Waals surface area contributed by atoms with E-state index in [9.17, 15) is 10.1 Å². The number of thioether (sulfide) groups is 1. The SMILES string of the molecule is O=[N+]([O-])c1ccc(CCSCC2CNC2)cc1. The Labute approximate surface area is 105 Å². The summed E-state index contributed by atoms with van der Waals surface area (Å²) in [5, 5.41) is 13.7. The maximum Gasteiger partial charge on any atom is 0.269 e. The van der Waals surface area contributed by atoms with E-state index in [0.717, 1.165) is 31.2 Å². The topological polar surface area (TPSA) is 55.2 Å². The third kappa shape index (κ3) is 3.71. The second kappa shape index (κ2) is 6.02. The lowest BCUT2D eigenvalue weighted by molar-refractivity contribution is -0.384. The van der Waals surface area contributed by atoms with Crippen LogP contribution in [0.1, 0.15) is 5.56 Å². The van der Waals surface area contributed by atoms with Gasteiger partial charge in [0.1, 0.15) is 0 Å². The zero-order valence-corrected chi connectivity index (χ0v) is 10.4. The molecule has 1 aromatic carbocycles. The minimum atomic E-state index is -0.359. The summed E-state index contributed by atoms with van der Waals surface area (Å²) >= 11 is 1.97. The molecule has 0 radical (unpaired) electrons. The maximum absolute atomic E-state index is 10.5. The highest BCUT2D eigenvalue weighted by Crippen LogP contribution is 2.16. The van der Waals surface area contributed by atoms with E-state index in [1.165, 1.54) is 11.3 Å². The van der Waals surface area contributed by atoms with Crippen LogP contribution in [0.3, 0.4) is 0 Å². The van der Waals surface area contributed by atoms with E-state index in [2.05, 4.69) is 5.32 Å². The normalized spacial score (nSPS) is 15.5. The van der Waals surface area contributed by atoms with Crippen LogP contribution in [0.2, 0.25) is 0 Å². The van der Waals surface area contributed by atoms with Gasteiger partial charge in [-0.3, -0.25) is 10.1 Å². The molecule has 0 amide bonds. The number of benzene rings is 1. The van der Waals surface area contributed by atoms with E-state index >= 15 is 0 Å². The van der Waals surface area contributed by atoms with E-state index in [-0.39, 0.29) is 10.6 Å². The quantitative estimate of drug-likeness (QED) is 0.478. The van der Waals surface area contributed by atoms with Crippen LogP contribution >= 0.6 is 11.8 Å². The Kier molecular flexibility index (Phi) is 4.39. The molecule has 17 heavy (non-hydrogen) atoms. The van der Waals surface area contributed by atoms with Crippen molar-refractivity contribution in [1.29, 1.82) is 0 Å². The van der Waals surface area contributed by atoms with Crippen molar-refractivity contribution in [3.63, 3.8) is 0 Å². The van der Waals surface area contributed by atoms with Gasteiger partial charge in [-0.2, -0.15) is 11.8 Å². The summed E-state index contributed by atoms with van der Waals surface area (Å²) in [7, 11) is 0. The van der Waals surface area contributed by atoms with Crippen molar-refractivity contribution < 1.29 is 4.92 Å². The molecule has 4 nitrogen and oxygen atoms in total. The lowest BCUT2D eigenvalue weighted by Crippen LogP contribution is -2.43. The third-order valence-electron chi connectivity index (χ3n) is 2.90. The van der Waals surface area contributed by atoms with Gasteiger partial charge in [0.25, 0.3) is 5.69 Å². The standard InChI is InChI=1S/C12H16N2O2S/c15-14(16)12-3-1-10(2-4-12)5-6-17-9-11-7-13-8-11/h1-4,11,13H,5-9H2. The molecule has 1 aliphatic rings. The number of hydrogen-bond donors (Lipinski definition) is 1. The van der Waals surface area contributed by atoms with E-state index in [0.29, 0.717) is 0 Å². The van der Waals surface area contributed by atoms with Gasteiger partial charge >= 0.3 is 0 Å². The van der Waals surface area contributed by atoms with Gasteiger partial charge in [0.2, 0.25) is 0 Å². The van der Waals surface area contributed by atoms with Crippen LogP contribution in [0.25, 0.3) is 0 Å². The third-order valence-corrected chi connectivity index (χ3v) is 4.10. The molecule has 5 heteroatoms. The number of nitrogens with zero attached hydrogens (tertiary/aromatic N) is 1. The van der Waals surface area contributed by atoms with E-state index < -0.39 is 0 Å². The number of aryl methyl sites for hydroxylation is 1. The molecule has 0 atom stereocenters. The lowest BCUT2D eigenvalue weighted by Gasteiger charge is -2.26. The molecule has 0 aliphatic carbocycles. The average Bonchev–Trinajstić information content (AvgIpc) is 2.27. The van der Waals surface area contributed by atoms with Gasteiger partial charge in [0.05, 0.1) is 4.92 Å². The Balaban J connectivity index is 1.69. The average molecular weight is 252 g/mol. The lowest BCUT2D eigenvalue weighted by atomic mass is 10.1. The first kappa shape index (κ1) is 12.4. The van der Waals surface area contributed by atoms with Crippen LogP contribution in [0, 0.1) is 16.0 Å². The second-order valence-electron chi connectivity index (χ2n) is 4.27. The van der Waals surface area contributed by atoms with Crippen LogP contribution < -0.4 is 5.32 Å². The van der Waals surface area contributed by atoms with Crippen molar-refractivity contribution in [1.82, 2.24) is 5.32 Å². The van der Waals surface area contributed by atoms with Gasteiger partial charge in [-0.05, 0) is 42.5 Å². The fourth-order valence-corrected chi connectivity index (χ4v) is 2.81. The molecule has 92 valence electrons. The van der Waals surface area contributed by atoms with Crippen LogP contribution in [0.5, 0.6) is 0 Å². The van der Waals surface area contributed by atoms with Gasteiger partial charge in [-0.25, -0.2) is 0 Å². The largest absolute Gasteiger partial charge is 0.316 e. The highest BCUT2D eigenvalue weighted by molar-refractivity contribution is 7.99. The first-order chi connectivity index (χ1) is 8.25. The van der Waals surface area contributed by atoms with E-state index in [4.69, 9.17) is 0 Å². The molecule has 0 spiro atoms. The molecule has 1 aromatic rings. The van der Waals surface area contributed by atoms with Crippen molar-refractivity contribution in [3.8, 4) is 0 Å². The maximum atomic E-state index is 10.5. The summed E-state index contributed by atoms with van der Waals surface area (Å²) in [4.78, 5) is 10.1. The Morgan fingerprint density at radius 1 is 1.35 bits per heavy atom. The summed E-state index contributed by atoms with van der Waals surface area (Å²) < 4.78 is 0. The molecular formula is C12H16N2O2S. The summed E-state index contributed by atoms with van der Waals surface area (Å²) in [6.45, 7) is 2.31. The molecular weight excluding hydrogens is 236 g/mol. The van der Waals surface area contributed by atoms with Crippen LogP contribution in [0.4, 0.5) is 5.69 Å². The molecule has 1 saturated heterocycles. The summed E-state index contributed by atoms with van der Waals surface area (Å²) in [5.74, 6) is 3.16. The molecule has 1 aliphatic heterocycles. The Hall–Kier alpha value is -1.07. The molecule has 0 saturated carbocycles. The minimum absolute atomic E-state index is 0.168. The predicted molar refractivity (Wildman–Crippen MR) is 70.5 cm³/mol. The Morgan fingerprint density at radius 2 is 2.06 bits per heavy atom. The van der Waals surface area contributed by atoms with Crippen LogP contribution in [0.15, 0.2) is 24.3 Å². The fraction of sp³-hybridized carbons (Fsp3) is 0.500. The molecule has 1 fully saturated rings. The predicted octanol–water partition coefficient (Wildman–Crippen LogP) is 2.09. The molecule has 0 bridgehead atoms. The Morgan fingerprint density at radius 3 is 2.59 bits per heavy atom. The fourth-order valence-electron chi connectivity index (χ4n) is 1.69. The first-order valence-electron chi connectivity index (χ1n) is 5.77. The van der Waals surface area contributed by atoms with E-state index in [1.807, 2.05) is 23.9 Å². The van der Waals surface area contributed by atoms with Gasteiger partial charge < -0.3 is 5.32 Å². The number of nitro groups is 1. The molecule has 1 heterocycles. The molecule has 2 rings (SSSR count). The zero-order valence-electron chi connectivity index (χ0n) is 9.59. The van der Waals surface area contributed by atoms with Crippen molar-refractivity contribution in [3.05, 3.63) is 39.9 Å². The second-order valence-corrected chi connectivity index (χ2v) is 5.42. The van der Waals surface area contributed by atoms with Gasteiger partial charge in [-0.1, -0.05) is 12.1 Å². The number of non-ortho nitro benzene ring substituents is 1. The number of rotatable bonds is 6. The molecule has 0 aromatic heterocycles. The van der Waals surface area contributed by atoms with Crippen molar-refractivity contribution in [2.24, 2.45) is 5.92 Å². The summed E-state index contributed by atoms with van der Waals surface area (Å²) in [5.41, 5.74) is 1.34. The van der Waals surface area contributed by atoms with Gasteiger partial charge in [0, 0.05) is 12.1 Å². The number of nitro benzene ring substituents is 1. The van der Waals surface area contributed by atoms with Crippen LogP contribution in [-0.2, 0) is 6.42 Å². The zero-order chi connectivity index (χ0) is 12.1. The van der Waals surface area contributed by atoms with Gasteiger partial charge in [-0.15, -0.1) is 0 Å². The first-order valence-corrected chi connectivity index (χ1v) is 6.93. The van der Waals surface area contributed by atoms with Crippen LogP contribution in [-0.4, -0.2) is 29.5 Å². The van der Waals surface area contributed by atoms with Crippen molar-refractivity contribution >= 4 is 17.4 Å². The number of nitrogens with one attached hydrogen (secondary N) is 1. The minimum Gasteiger partial charge on any atom is -0.316 e. The molecule has 1 N–H and O–H groups in total. The van der Waals surface area contributed by atoms with Crippen molar-refractivity contribution in [2.75, 3.05) is 24.6 Å². The monoisotopic (exact) mass is 252 g/mol. The van der Waals surface area contributed by atoms with Crippen molar-refractivity contribution in [2.45, 2.75) is 6.42 Å². The van der Waals surface area contributed by atoms with E-state index in [1.54, 1.807) is 12.1 Å². The highest BCUT2D eigenvalue weighted by atomic mass is 32.2. The highest BCUT2D eigenvalue weighted by Gasteiger charge is 2.15. The van der Waals surface area contributed by atoms with Gasteiger partial charge in [0.15, 0.2) is 0 Å². The smallest absolute Gasteiger partial charge is 0.269 e. The summed E-state index contributed by atoms with van der Waals surface area (Å²) in [6, 6.07) is 6.86. The number of hydrogen-bond acceptors (Lipinski definition) is 4. The Bertz CT molecular complexity index is 377.